The van der Waals surface area contributed by atoms with E-state index in [1.807, 2.05) is 23.5 Å². The molecule has 148 valence electrons. The Morgan fingerprint density at radius 3 is 2.86 bits per heavy atom. The van der Waals surface area contributed by atoms with Gasteiger partial charge in [0.1, 0.15) is 17.2 Å². The van der Waals surface area contributed by atoms with Crippen molar-refractivity contribution in [3.63, 3.8) is 0 Å². The van der Waals surface area contributed by atoms with Crippen molar-refractivity contribution in [3.05, 3.63) is 53.5 Å². The number of halogens is 1. The highest BCUT2D eigenvalue weighted by atomic mass is 35.5. The number of aromatic nitrogens is 6. The van der Waals surface area contributed by atoms with Gasteiger partial charge in [-0.25, -0.2) is 15.0 Å². The maximum atomic E-state index is 6.15. The standard InChI is InChI=1S/C19H18ClN7O2/c1-11-8-26(10-15(28-11)19-23-12(2)25-29-19)17-5-6-21-18(24-17)14-7-22-16-4-3-13(20)9-27(14)16/h3-7,9,11,15H,8,10H2,1-2H3/t11-,15-/m1/s1. The summed E-state index contributed by atoms with van der Waals surface area (Å²) in [5.74, 6) is 2.43. The highest BCUT2D eigenvalue weighted by molar-refractivity contribution is 6.30. The van der Waals surface area contributed by atoms with Gasteiger partial charge in [-0.1, -0.05) is 16.8 Å². The van der Waals surface area contributed by atoms with Gasteiger partial charge < -0.3 is 14.2 Å². The van der Waals surface area contributed by atoms with Crippen LogP contribution in [0.3, 0.4) is 0 Å². The summed E-state index contributed by atoms with van der Waals surface area (Å²) < 4.78 is 13.2. The third-order valence-electron chi connectivity index (χ3n) is 4.74. The lowest BCUT2D eigenvalue weighted by Gasteiger charge is -2.36. The normalized spacial score (nSPS) is 19.8. The number of morpholine rings is 1. The Labute approximate surface area is 171 Å². The number of hydrogen-bond donors (Lipinski definition) is 0. The van der Waals surface area contributed by atoms with Gasteiger partial charge in [0.05, 0.1) is 23.9 Å². The van der Waals surface area contributed by atoms with E-state index in [1.165, 1.54) is 0 Å². The second-order valence-electron chi connectivity index (χ2n) is 6.98. The van der Waals surface area contributed by atoms with E-state index >= 15 is 0 Å². The predicted molar refractivity (Wildman–Crippen MR) is 106 cm³/mol. The van der Waals surface area contributed by atoms with Gasteiger partial charge in [-0.05, 0) is 32.0 Å². The molecule has 0 saturated carbocycles. The summed E-state index contributed by atoms with van der Waals surface area (Å²) in [7, 11) is 0. The minimum atomic E-state index is -0.312. The van der Waals surface area contributed by atoms with Crippen LogP contribution in [0.5, 0.6) is 0 Å². The van der Waals surface area contributed by atoms with Gasteiger partial charge in [0.15, 0.2) is 17.8 Å². The summed E-state index contributed by atoms with van der Waals surface area (Å²) in [6.07, 6.45) is 4.96. The Morgan fingerprint density at radius 2 is 2.03 bits per heavy atom. The van der Waals surface area contributed by atoms with Gasteiger partial charge in [-0.2, -0.15) is 4.98 Å². The molecular weight excluding hydrogens is 394 g/mol. The summed E-state index contributed by atoms with van der Waals surface area (Å²) in [5.41, 5.74) is 1.56. The first kappa shape index (κ1) is 18.0. The van der Waals surface area contributed by atoms with E-state index in [-0.39, 0.29) is 12.2 Å². The average Bonchev–Trinajstić information content (AvgIpc) is 3.33. The van der Waals surface area contributed by atoms with Crippen LogP contribution in [0.15, 0.2) is 41.3 Å². The molecule has 0 aromatic carbocycles. The molecule has 0 amide bonds. The zero-order valence-corrected chi connectivity index (χ0v) is 16.6. The second-order valence-corrected chi connectivity index (χ2v) is 7.41. The molecule has 29 heavy (non-hydrogen) atoms. The van der Waals surface area contributed by atoms with Crippen LogP contribution < -0.4 is 4.90 Å². The van der Waals surface area contributed by atoms with Gasteiger partial charge in [-0.15, -0.1) is 0 Å². The van der Waals surface area contributed by atoms with Crippen LogP contribution in [-0.4, -0.2) is 48.7 Å². The molecule has 0 unspecified atom stereocenters. The first-order valence-corrected chi connectivity index (χ1v) is 9.61. The van der Waals surface area contributed by atoms with Crippen molar-refractivity contribution in [2.75, 3.05) is 18.0 Å². The molecule has 1 fully saturated rings. The fraction of sp³-hybridized carbons (Fsp3) is 0.316. The van der Waals surface area contributed by atoms with Crippen molar-refractivity contribution in [3.8, 4) is 11.5 Å². The molecule has 5 rings (SSSR count). The molecule has 10 heteroatoms. The van der Waals surface area contributed by atoms with E-state index in [4.69, 9.17) is 25.8 Å². The maximum absolute atomic E-state index is 6.15. The van der Waals surface area contributed by atoms with Crippen LogP contribution >= 0.6 is 11.6 Å². The topological polar surface area (TPSA) is 94.5 Å². The number of ether oxygens (including phenoxy) is 1. The fourth-order valence-corrected chi connectivity index (χ4v) is 3.65. The van der Waals surface area contributed by atoms with Crippen LogP contribution in [-0.2, 0) is 4.74 Å². The molecule has 1 aliphatic heterocycles. The first-order chi connectivity index (χ1) is 14.1. The quantitative estimate of drug-likeness (QED) is 0.507. The Kier molecular flexibility index (Phi) is 4.40. The summed E-state index contributed by atoms with van der Waals surface area (Å²) in [6.45, 7) is 5.05. The Balaban J connectivity index is 1.48. The number of imidazole rings is 1. The average molecular weight is 412 g/mol. The molecule has 2 atom stereocenters. The molecular formula is C19H18ClN7O2. The Morgan fingerprint density at radius 1 is 1.14 bits per heavy atom. The van der Waals surface area contributed by atoms with Crippen molar-refractivity contribution in [2.24, 2.45) is 0 Å². The molecule has 0 spiro atoms. The smallest absolute Gasteiger partial charge is 0.257 e. The van der Waals surface area contributed by atoms with E-state index in [2.05, 4.69) is 25.0 Å². The van der Waals surface area contributed by atoms with Crippen molar-refractivity contribution in [2.45, 2.75) is 26.1 Å². The number of pyridine rings is 1. The molecule has 0 aliphatic carbocycles. The molecule has 0 radical (unpaired) electrons. The van der Waals surface area contributed by atoms with Crippen molar-refractivity contribution >= 4 is 23.1 Å². The fourth-order valence-electron chi connectivity index (χ4n) is 3.49. The lowest BCUT2D eigenvalue weighted by atomic mass is 10.2. The van der Waals surface area contributed by atoms with Crippen LogP contribution in [0.1, 0.15) is 24.7 Å². The number of rotatable bonds is 3. The number of anilines is 1. The summed E-state index contributed by atoms with van der Waals surface area (Å²) >= 11 is 6.15. The van der Waals surface area contributed by atoms with Crippen LogP contribution in [0.4, 0.5) is 5.82 Å². The lowest BCUT2D eigenvalue weighted by molar-refractivity contribution is -0.0333. The minimum Gasteiger partial charge on any atom is -0.362 e. The van der Waals surface area contributed by atoms with Crippen molar-refractivity contribution in [1.82, 2.24) is 29.5 Å². The molecule has 1 saturated heterocycles. The van der Waals surface area contributed by atoms with Crippen LogP contribution in [0.2, 0.25) is 5.02 Å². The van der Waals surface area contributed by atoms with Crippen LogP contribution in [0.25, 0.3) is 17.2 Å². The highest BCUT2D eigenvalue weighted by Crippen LogP contribution is 2.28. The summed E-state index contributed by atoms with van der Waals surface area (Å²) in [5, 5.41) is 4.49. The van der Waals surface area contributed by atoms with Gasteiger partial charge in [0, 0.05) is 18.9 Å². The summed E-state index contributed by atoms with van der Waals surface area (Å²) in [6, 6.07) is 5.55. The molecule has 4 aromatic heterocycles. The monoisotopic (exact) mass is 411 g/mol. The highest BCUT2D eigenvalue weighted by Gasteiger charge is 2.31. The van der Waals surface area contributed by atoms with Crippen molar-refractivity contribution < 1.29 is 9.26 Å². The largest absolute Gasteiger partial charge is 0.362 e. The second kappa shape index (κ2) is 7.09. The first-order valence-electron chi connectivity index (χ1n) is 9.23. The van der Waals surface area contributed by atoms with Gasteiger partial charge in [0.25, 0.3) is 5.89 Å². The number of fused-ring (bicyclic) bond motifs is 1. The molecule has 5 heterocycles. The van der Waals surface area contributed by atoms with E-state index < -0.39 is 0 Å². The third kappa shape index (κ3) is 3.43. The Bertz CT molecular complexity index is 1170. The minimum absolute atomic E-state index is 0.0195. The molecule has 0 N–H and O–H groups in total. The number of hydrogen-bond acceptors (Lipinski definition) is 8. The third-order valence-corrected chi connectivity index (χ3v) is 4.97. The zero-order valence-electron chi connectivity index (χ0n) is 15.9. The Hall–Kier alpha value is -3.04. The van der Waals surface area contributed by atoms with Gasteiger partial charge >= 0.3 is 0 Å². The molecule has 4 aromatic rings. The predicted octanol–water partition coefficient (Wildman–Crippen LogP) is 3.10. The van der Waals surface area contributed by atoms with E-state index in [0.29, 0.717) is 35.7 Å². The maximum Gasteiger partial charge on any atom is 0.257 e. The van der Waals surface area contributed by atoms with E-state index in [1.54, 1.807) is 31.6 Å². The van der Waals surface area contributed by atoms with E-state index in [0.717, 1.165) is 17.2 Å². The molecule has 1 aliphatic rings. The zero-order chi connectivity index (χ0) is 20.0. The molecule has 0 bridgehead atoms. The SMILES string of the molecule is Cc1noc([C@H]2CN(c3ccnc(-c4cnc5ccc(Cl)cn45)n3)C[C@@H](C)O2)n1. The van der Waals surface area contributed by atoms with Gasteiger partial charge in [0.2, 0.25) is 0 Å². The van der Waals surface area contributed by atoms with Crippen LogP contribution in [0, 0.1) is 6.92 Å². The van der Waals surface area contributed by atoms with Crippen molar-refractivity contribution in [1.29, 1.82) is 0 Å². The summed E-state index contributed by atoms with van der Waals surface area (Å²) in [4.78, 5) is 20.1. The van der Waals surface area contributed by atoms with Gasteiger partial charge in [-0.3, -0.25) is 4.40 Å². The lowest BCUT2D eigenvalue weighted by Crippen LogP contribution is -2.43. The number of aryl methyl sites for hydroxylation is 1. The van der Waals surface area contributed by atoms with E-state index in [9.17, 15) is 0 Å². The molecule has 9 nitrogen and oxygen atoms in total. The number of nitrogens with zero attached hydrogens (tertiary/aromatic N) is 7.